The Morgan fingerprint density at radius 1 is 1.53 bits per heavy atom. The van der Waals surface area contributed by atoms with E-state index in [9.17, 15) is 4.39 Å². The number of benzene rings is 1. The number of aliphatic hydroxyl groups is 1. The summed E-state index contributed by atoms with van der Waals surface area (Å²) in [5.74, 6) is 0.138. The quantitative estimate of drug-likeness (QED) is 0.804. The number of hydrogen-bond acceptors (Lipinski definition) is 2. The molecule has 1 aromatic rings. The average Bonchev–Trinajstić information content (AvgIpc) is 2.66. The number of nitrogens with zero attached hydrogens (tertiary/aromatic N) is 1. The van der Waals surface area contributed by atoms with Crippen molar-refractivity contribution in [3.8, 4) is 0 Å². The lowest BCUT2D eigenvalue weighted by atomic mass is 10.1. The standard InChI is InChI=1S/C12H16FNO/c1-9-2-3-12(11(13)6-9)14-5-4-10(7-14)8-15/h2-3,6,10,15H,4-5,7-8H2,1H3. The number of hydrogen-bond donors (Lipinski definition) is 1. The molecule has 0 bridgehead atoms. The van der Waals surface area contributed by atoms with Gasteiger partial charge in [-0.3, -0.25) is 0 Å². The summed E-state index contributed by atoms with van der Waals surface area (Å²) in [7, 11) is 0. The van der Waals surface area contributed by atoms with Crippen molar-refractivity contribution < 1.29 is 9.50 Å². The first-order valence-electron chi connectivity index (χ1n) is 5.32. The van der Waals surface area contributed by atoms with Crippen LogP contribution in [0, 0.1) is 18.7 Å². The van der Waals surface area contributed by atoms with Gasteiger partial charge in [-0.25, -0.2) is 4.39 Å². The van der Waals surface area contributed by atoms with Gasteiger partial charge in [0.2, 0.25) is 0 Å². The molecular weight excluding hydrogens is 193 g/mol. The monoisotopic (exact) mass is 209 g/mol. The van der Waals surface area contributed by atoms with Gasteiger partial charge in [0.25, 0.3) is 0 Å². The first-order valence-corrected chi connectivity index (χ1v) is 5.32. The zero-order valence-corrected chi connectivity index (χ0v) is 8.91. The molecule has 3 heteroatoms. The van der Waals surface area contributed by atoms with Gasteiger partial charge in [-0.15, -0.1) is 0 Å². The Bertz CT molecular complexity index is 353. The van der Waals surface area contributed by atoms with Crippen molar-refractivity contribution in [2.45, 2.75) is 13.3 Å². The zero-order valence-electron chi connectivity index (χ0n) is 8.91. The van der Waals surface area contributed by atoms with Crippen molar-refractivity contribution >= 4 is 5.69 Å². The molecule has 1 N–H and O–H groups in total. The van der Waals surface area contributed by atoms with Crippen LogP contribution >= 0.6 is 0 Å². The third-order valence-corrected chi connectivity index (χ3v) is 2.99. The second-order valence-corrected chi connectivity index (χ2v) is 4.24. The predicted octanol–water partition coefficient (Wildman–Crippen LogP) is 1.95. The molecule has 0 spiro atoms. The molecular formula is C12H16FNO. The first kappa shape index (κ1) is 10.4. The molecule has 1 atom stereocenters. The van der Waals surface area contributed by atoms with Crippen molar-refractivity contribution in [1.29, 1.82) is 0 Å². The lowest BCUT2D eigenvalue weighted by Gasteiger charge is -2.19. The van der Waals surface area contributed by atoms with Crippen molar-refractivity contribution in [2.75, 3.05) is 24.6 Å². The third-order valence-electron chi connectivity index (χ3n) is 2.99. The summed E-state index contributed by atoms with van der Waals surface area (Å²) in [4.78, 5) is 2.01. The van der Waals surface area contributed by atoms with E-state index in [1.165, 1.54) is 0 Å². The van der Waals surface area contributed by atoms with E-state index >= 15 is 0 Å². The predicted molar refractivity (Wildman–Crippen MR) is 58.5 cm³/mol. The van der Waals surface area contributed by atoms with Gasteiger partial charge >= 0.3 is 0 Å². The SMILES string of the molecule is Cc1ccc(N2CCC(CO)C2)c(F)c1. The van der Waals surface area contributed by atoms with E-state index in [0.29, 0.717) is 11.6 Å². The Morgan fingerprint density at radius 3 is 2.93 bits per heavy atom. The highest BCUT2D eigenvalue weighted by Gasteiger charge is 2.23. The normalized spacial score (nSPS) is 21.0. The molecule has 1 aliphatic heterocycles. The van der Waals surface area contributed by atoms with Gasteiger partial charge in [0.15, 0.2) is 0 Å². The minimum atomic E-state index is -0.159. The van der Waals surface area contributed by atoms with Gasteiger partial charge < -0.3 is 10.0 Å². The van der Waals surface area contributed by atoms with Crippen molar-refractivity contribution in [2.24, 2.45) is 5.92 Å². The molecule has 0 saturated carbocycles. The molecule has 0 aliphatic carbocycles. The minimum Gasteiger partial charge on any atom is -0.396 e. The second kappa shape index (κ2) is 4.19. The number of rotatable bonds is 2. The topological polar surface area (TPSA) is 23.5 Å². The summed E-state index contributed by atoms with van der Waals surface area (Å²) >= 11 is 0. The van der Waals surface area contributed by atoms with E-state index in [0.717, 1.165) is 25.1 Å². The summed E-state index contributed by atoms with van der Waals surface area (Å²) < 4.78 is 13.6. The van der Waals surface area contributed by atoms with E-state index in [1.807, 2.05) is 24.0 Å². The van der Waals surface area contributed by atoms with Crippen LogP contribution in [0.1, 0.15) is 12.0 Å². The van der Waals surface area contributed by atoms with Gasteiger partial charge in [-0.1, -0.05) is 6.07 Å². The molecule has 2 nitrogen and oxygen atoms in total. The molecule has 1 saturated heterocycles. The summed E-state index contributed by atoms with van der Waals surface area (Å²) in [6.07, 6.45) is 0.948. The molecule has 82 valence electrons. The molecule has 0 amide bonds. The van der Waals surface area contributed by atoms with Gasteiger partial charge in [0, 0.05) is 25.6 Å². The van der Waals surface area contributed by atoms with Crippen LogP contribution in [0.2, 0.25) is 0 Å². The maximum atomic E-state index is 13.6. The number of halogens is 1. The Morgan fingerprint density at radius 2 is 2.33 bits per heavy atom. The fraction of sp³-hybridized carbons (Fsp3) is 0.500. The van der Waals surface area contributed by atoms with Crippen molar-refractivity contribution in [3.05, 3.63) is 29.6 Å². The molecule has 1 fully saturated rings. The van der Waals surface area contributed by atoms with Crippen LogP contribution in [-0.2, 0) is 0 Å². The second-order valence-electron chi connectivity index (χ2n) is 4.24. The minimum absolute atomic E-state index is 0.159. The lowest BCUT2D eigenvalue weighted by Crippen LogP contribution is -2.21. The van der Waals surface area contributed by atoms with Crippen molar-refractivity contribution in [3.63, 3.8) is 0 Å². The Kier molecular flexibility index (Phi) is 2.91. The summed E-state index contributed by atoms with van der Waals surface area (Å²) in [5.41, 5.74) is 1.60. The van der Waals surface area contributed by atoms with Crippen molar-refractivity contribution in [1.82, 2.24) is 0 Å². The van der Waals surface area contributed by atoms with Crippen LogP contribution in [0.4, 0.5) is 10.1 Å². The highest BCUT2D eigenvalue weighted by atomic mass is 19.1. The average molecular weight is 209 g/mol. The van der Waals surface area contributed by atoms with E-state index in [1.54, 1.807) is 6.07 Å². The van der Waals surface area contributed by atoms with Crippen LogP contribution in [-0.4, -0.2) is 24.8 Å². The van der Waals surface area contributed by atoms with Crippen LogP contribution in [0.15, 0.2) is 18.2 Å². The Hall–Kier alpha value is -1.09. The van der Waals surface area contributed by atoms with Gasteiger partial charge in [0.1, 0.15) is 5.82 Å². The van der Waals surface area contributed by atoms with Gasteiger partial charge in [-0.2, -0.15) is 0 Å². The van der Waals surface area contributed by atoms with E-state index in [2.05, 4.69) is 0 Å². The highest BCUT2D eigenvalue weighted by molar-refractivity contribution is 5.49. The molecule has 1 aliphatic rings. The maximum absolute atomic E-state index is 13.6. The van der Waals surface area contributed by atoms with Crippen LogP contribution in [0.25, 0.3) is 0 Å². The molecule has 1 heterocycles. The molecule has 0 aromatic heterocycles. The summed E-state index contributed by atoms with van der Waals surface area (Å²) in [6, 6.07) is 5.30. The van der Waals surface area contributed by atoms with Gasteiger partial charge in [-0.05, 0) is 31.0 Å². The first-order chi connectivity index (χ1) is 7.20. The number of anilines is 1. The lowest BCUT2D eigenvalue weighted by molar-refractivity contribution is 0.238. The summed E-state index contributed by atoms with van der Waals surface area (Å²) in [6.45, 7) is 3.68. The largest absolute Gasteiger partial charge is 0.396 e. The van der Waals surface area contributed by atoms with E-state index in [-0.39, 0.29) is 12.4 Å². The number of aliphatic hydroxyl groups excluding tert-OH is 1. The molecule has 1 unspecified atom stereocenters. The van der Waals surface area contributed by atoms with Gasteiger partial charge in [0.05, 0.1) is 5.69 Å². The smallest absolute Gasteiger partial charge is 0.146 e. The van der Waals surface area contributed by atoms with E-state index < -0.39 is 0 Å². The Balaban J connectivity index is 2.17. The highest BCUT2D eigenvalue weighted by Crippen LogP contribution is 2.26. The molecule has 2 rings (SSSR count). The van der Waals surface area contributed by atoms with Crippen LogP contribution in [0.5, 0.6) is 0 Å². The van der Waals surface area contributed by atoms with Crippen LogP contribution < -0.4 is 4.90 Å². The third kappa shape index (κ3) is 2.12. The molecule has 15 heavy (non-hydrogen) atoms. The zero-order chi connectivity index (χ0) is 10.8. The molecule has 0 radical (unpaired) electrons. The fourth-order valence-corrected chi connectivity index (χ4v) is 2.07. The Labute approximate surface area is 89.3 Å². The summed E-state index contributed by atoms with van der Waals surface area (Å²) in [5, 5.41) is 9.02. The molecule has 1 aromatic carbocycles. The number of aryl methyl sites for hydroxylation is 1. The van der Waals surface area contributed by atoms with Crippen LogP contribution in [0.3, 0.4) is 0 Å². The fourth-order valence-electron chi connectivity index (χ4n) is 2.07. The maximum Gasteiger partial charge on any atom is 0.146 e. The van der Waals surface area contributed by atoms with E-state index in [4.69, 9.17) is 5.11 Å².